The van der Waals surface area contributed by atoms with E-state index < -0.39 is 41.6 Å². The molecule has 1 spiro atoms. The quantitative estimate of drug-likeness (QED) is 0.354. The van der Waals surface area contributed by atoms with Gasteiger partial charge >= 0.3 is 5.97 Å². The van der Waals surface area contributed by atoms with Gasteiger partial charge in [0.05, 0.1) is 37.2 Å². The monoisotopic (exact) mass is 570 g/mol. The Morgan fingerprint density at radius 2 is 1.81 bits per heavy atom. The standard InChI is InChI=1S/C28H31BrN2O6/c1-2-36-27(35)21-22-26(34)31(19(16-32)13-17-9-5-3-6-10-17)24(28(22)14-20(29)23(21)37-28)25(33)30-15-18-11-7-4-8-12-18/h3-12,19-24,32H,2,13-16H2,1H3,(H,30,33)/t19-,20?,21+,22-,23+,24+,28-/m1/s1. The van der Waals surface area contributed by atoms with Gasteiger partial charge in [0.1, 0.15) is 11.6 Å². The Balaban J connectivity index is 1.52. The van der Waals surface area contributed by atoms with Gasteiger partial charge in [0.15, 0.2) is 0 Å². The number of rotatable bonds is 9. The van der Waals surface area contributed by atoms with E-state index in [0.29, 0.717) is 12.8 Å². The van der Waals surface area contributed by atoms with Gasteiger partial charge in [-0.05, 0) is 30.9 Å². The van der Waals surface area contributed by atoms with Crippen LogP contribution in [0.5, 0.6) is 0 Å². The van der Waals surface area contributed by atoms with E-state index in [2.05, 4.69) is 21.2 Å². The Labute approximate surface area is 224 Å². The van der Waals surface area contributed by atoms with Crippen LogP contribution in [0.15, 0.2) is 60.7 Å². The van der Waals surface area contributed by atoms with Crippen LogP contribution in [0.1, 0.15) is 24.5 Å². The molecule has 7 atom stereocenters. The second kappa shape index (κ2) is 10.6. The van der Waals surface area contributed by atoms with Crippen molar-refractivity contribution in [3.63, 3.8) is 0 Å². The first kappa shape index (κ1) is 25.9. The number of aliphatic hydroxyl groups is 1. The first-order chi connectivity index (χ1) is 17.9. The van der Waals surface area contributed by atoms with Crippen molar-refractivity contribution >= 4 is 33.7 Å². The molecule has 3 fully saturated rings. The third kappa shape index (κ3) is 4.47. The highest BCUT2D eigenvalue weighted by Gasteiger charge is 2.77. The van der Waals surface area contributed by atoms with E-state index in [1.807, 2.05) is 60.7 Å². The van der Waals surface area contributed by atoms with Gasteiger partial charge < -0.3 is 24.8 Å². The van der Waals surface area contributed by atoms with Crippen LogP contribution in [0, 0.1) is 11.8 Å². The number of hydrogen-bond acceptors (Lipinski definition) is 6. The maximum atomic E-state index is 14.1. The van der Waals surface area contributed by atoms with Crippen molar-refractivity contribution in [3.05, 3.63) is 71.8 Å². The number of esters is 1. The van der Waals surface area contributed by atoms with Gasteiger partial charge in [-0.15, -0.1) is 0 Å². The molecule has 3 heterocycles. The second-order valence-corrected chi connectivity index (χ2v) is 11.1. The van der Waals surface area contributed by atoms with Gasteiger partial charge in [-0.3, -0.25) is 14.4 Å². The predicted molar refractivity (Wildman–Crippen MR) is 138 cm³/mol. The van der Waals surface area contributed by atoms with E-state index >= 15 is 0 Å². The Morgan fingerprint density at radius 1 is 1.16 bits per heavy atom. The average Bonchev–Trinajstić information content (AvgIpc) is 3.50. The van der Waals surface area contributed by atoms with Gasteiger partial charge in [-0.25, -0.2) is 0 Å². The van der Waals surface area contributed by atoms with Gasteiger partial charge in [-0.2, -0.15) is 0 Å². The molecule has 2 aromatic carbocycles. The molecule has 0 aliphatic carbocycles. The van der Waals surface area contributed by atoms with Crippen LogP contribution >= 0.6 is 15.9 Å². The van der Waals surface area contributed by atoms with E-state index in [0.717, 1.165) is 11.1 Å². The molecule has 0 saturated carbocycles. The van der Waals surface area contributed by atoms with Crippen LogP contribution in [0.4, 0.5) is 0 Å². The van der Waals surface area contributed by atoms with Gasteiger partial charge in [0, 0.05) is 11.4 Å². The number of halogens is 1. The number of benzene rings is 2. The highest BCUT2D eigenvalue weighted by Crippen LogP contribution is 2.60. The smallest absolute Gasteiger partial charge is 0.312 e. The van der Waals surface area contributed by atoms with Crippen molar-refractivity contribution in [1.82, 2.24) is 10.2 Å². The minimum atomic E-state index is -1.20. The summed E-state index contributed by atoms with van der Waals surface area (Å²) in [5.74, 6) is -2.89. The fourth-order valence-electron chi connectivity index (χ4n) is 6.29. The van der Waals surface area contributed by atoms with Crippen LogP contribution in [-0.2, 0) is 36.8 Å². The van der Waals surface area contributed by atoms with Gasteiger partial charge in [-0.1, -0.05) is 76.6 Å². The number of amides is 2. The van der Waals surface area contributed by atoms with E-state index in [9.17, 15) is 19.5 Å². The molecular weight excluding hydrogens is 540 g/mol. The Morgan fingerprint density at radius 3 is 2.43 bits per heavy atom. The average molecular weight is 571 g/mol. The van der Waals surface area contributed by atoms with E-state index in [-0.39, 0.29) is 36.4 Å². The SMILES string of the molecule is CCOC(=O)[C@@H]1[C@H]2O[C@@]3(CC2Br)[C@H](C(=O)NCc2ccccc2)N([C@@H](CO)Cc2ccccc2)C(=O)[C@@H]13. The van der Waals surface area contributed by atoms with Crippen molar-refractivity contribution in [2.75, 3.05) is 13.2 Å². The molecule has 37 heavy (non-hydrogen) atoms. The Hall–Kier alpha value is -2.75. The summed E-state index contributed by atoms with van der Waals surface area (Å²) in [4.78, 5) is 42.3. The summed E-state index contributed by atoms with van der Waals surface area (Å²) < 4.78 is 11.8. The lowest BCUT2D eigenvalue weighted by atomic mass is 9.70. The topological polar surface area (TPSA) is 105 Å². The molecule has 3 aliphatic rings. The number of hydrogen-bond donors (Lipinski definition) is 2. The maximum Gasteiger partial charge on any atom is 0.312 e. The molecule has 196 valence electrons. The molecule has 1 unspecified atom stereocenters. The largest absolute Gasteiger partial charge is 0.466 e. The van der Waals surface area contributed by atoms with Crippen LogP contribution < -0.4 is 5.32 Å². The van der Waals surface area contributed by atoms with Crippen molar-refractivity contribution < 1.29 is 29.0 Å². The molecule has 2 N–H and O–H groups in total. The number of carbonyl (C=O) groups is 3. The number of aliphatic hydroxyl groups excluding tert-OH is 1. The zero-order chi connectivity index (χ0) is 26.2. The molecule has 5 rings (SSSR count). The van der Waals surface area contributed by atoms with E-state index in [4.69, 9.17) is 9.47 Å². The third-order valence-corrected chi connectivity index (χ3v) is 8.61. The number of nitrogens with zero attached hydrogens (tertiary/aromatic N) is 1. The first-order valence-electron chi connectivity index (χ1n) is 12.7. The molecule has 0 aromatic heterocycles. The van der Waals surface area contributed by atoms with Crippen molar-refractivity contribution in [1.29, 1.82) is 0 Å². The molecule has 3 saturated heterocycles. The number of nitrogens with one attached hydrogen (secondary N) is 1. The Kier molecular flexibility index (Phi) is 7.38. The zero-order valence-electron chi connectivity index (χ0n) is 20.6. The summed E-state index contributed by atoms with van der Waals surface area (Å²) >= 11 is 3.64. The fraction of sp³-hybridized carbons (Fsp3) is 0.464. The molecule has 2 amide bonds. The minimum Gasteiger partial charge on any atom is -0.466 e. The molecule has 3 aliphatic heterocycles. The highest BCUT2D eigenvalue weighted by molar-refractivity contribution is 9.09. The molecule has 0 radical (unpaired) electrons. The zero-order valence-corrected chi connectivity index (χ0v) is 22.2. The summed E-state index contributed by atoms with van der Waals surface area (Å²) in [5.41, 5.74) is 0.652. The van der Waals surface area contributed by atoms with Crippen LogP contribution in [0.3, 0.4) is 0 Å². The third-order valence-electron chi connectivity index (χ3n) is 7.76. The summed E-state index contributed by atoms with van der Waals surface area (Å²) in [6, 6.07) is 17.4. The van der Waals surface area contributed by atoms with E-state index in [1.165, 1.54) is 4.90 Å². The van der Waals surface area contributed by atoms with Crippen molar-refractivity contribution in [2.45, 2.75) is 54.9 Å². The normalized spacial score (nSPS) is 30.7. The lowest BCUT2D eigenvalue weighted by Gasteiger charge is -2.37. The van der Waals surface area contributed by atoms with Gasteiger partial charge in [0.25, 0.3) is 0 Å². The molecule has 9 heteroatoms. The summed E-state index contributed by atoms with van der Waals surface area (Å²) in [6.45, 7) is 1.85. The molecule has 2 aromatic rings. The lowest BCUT2D eigenvalue weighted by molar-refractivity contribution is -0.155. The van der Waals surface area contributed by atoms with Crippen LogP contribution in [-0.4, -0.2) is 69.6 Å². The number of likely N-dealkylation sites (tertiary alicyclic amines) is 1. The van der Waals surface area contributed by atoms with Crippen molar-refractivity contribution in [3.8, 4) is 0 Å². The molecular formula is C28H31BrN2O6. The molecule has 8 nitrogen and oxygen atoms in total. The number of ether oxygens (including phenoxy) is 2. The fourth-order valence-corrected chi connectivity index (χ4v) is 7.23. The first-order valence-corrected chi connectivity index (χ1v) is 13.6. The lowest BCUT2D eigenvalue weighted by Crippen LogP contribution is -2.58. The molecule has 2 bridgehead atoms. The minimum absolute atomic E-state index is 0.181. The predicted octanol–water partition coefficient (Wildman–Crippen LogP) is 2.22. The Bertz CT molecular complexity index is 1150. The maximum absolute atomic E-state index is 14.1. The summed E-state index contributed by atoms with van der Waals surface area (Å²) in [7, 11) is 0. The van der Waals surface area contributed by atoms with E-state index in [1.54, 1.807) is 6.92 Å². The highest BCUT2D eigenvalue weighted by atomic mass is 79.9. The second-order valence-electron chi connectivity index (χ2n) is 9.89. The van der Waals surface area contributed by atoms with Crippen LogP contribution in [0.25, 0.3) is 0 Å². The summed E-state index contributed by atoms with van der Waals surface area (Å²) in [6.07, 6.45) is 0.189. The number of alkyl halides is 1. The number of carbonyl (C=O) groups excluding carboxylic acids is 3. The van der Waals surface area contributed by atoms with Crippen molar-refractivity contribution in [2.24, 2.45) is 11.8 Å². The van der Waals surface area contributed by atoms with Crippen LogP contribution in [0.2, 0.25) is 0 Å². The number of fused-ring (bicyclic) bond motifs is 1. The van der Waals surface area contributed by atoms with Gasteiger partial charge in [0.2, 0.25) is 11.8 Å². The summed E-state index contributed by atoms with van der Waals surface area (Å²) in [5, 5.41) is 13.4.